The second-order valence-corrected chi connectivity index (χ2v) is 9.42. The van der Waals surface area contributed by atoms with Gasteiger partial charge in [0.05, 0.1) is 11.4 Å². The second kappa shape index (κ2) is 8.22. The maximum absolute atomic E-state index is 12.6. The monoisotopic (exact) mass is 435 g/mol. The molecule has 0 aliphatic rings. The molecule has 1 amide bonds. The van der Waals surface area contributed by atoms with E-state index in [1.807, 2.05) is 25.1 Å². The van der Waals surface area contributed by atoms with Crippen LogP contribution in [0.1, 0.15) is 10.4 Å². The van der Waals surface area contributed by atoms with E-state index < -0.39 is 10.0 Å². The predicted octanol–water partition coefficient (Wildman–Crippen LogP) is 4.52. The molecule has 0 bridgehead atoms. The summed E-state index contributed by atoms with van der Waals surface area (Å²) in [5, 5.41) is 5.04. The van der Waals surface area contributed by atoms with Crippen molar-refractivity contribution < 1.29 is 13.2 Å². The Morgan fingerprint density at radius 3 is 2.39 bits per heavy atom. The zero-order valence-electron chi connectivity index (χ0n) is 15.1. The molecule has 146 valence electrons. The van der Waals surface area contributed by atoms with Gasteiger partial charge in [-0.3, -0.25) is 9.52 Å². The molecule has 9 heteroatoms. The molecule has 2 N–H and O–H groups in total. The lowest BCUT2D eigenvalue weighted by Gasteiger charge is -2.18. The van der Waals surface area contributed by atoms with Gasteiger partial charge in [0.2, 0.25) is 0 Å². The Balaban J connectivity index is 1.75. The number of carbonyl (C=O) groups is 1. The highest BCUT2D eigenvalue weighted by Gasteiger charge is 2.16. The average molecular weight is 436 g/mol. The fourth-order valence-electron chi connectivity index (χ4n) is 2.50. The first-order valence-corrected chi connectivity index (χ1v) is 10.9. The van der Waals surface area contributed by atoms with Crippen molar-refractivity contribution in [2.24, 2.45) is 0 Å². The van der Waals surface area contributed by atoms with Gasteiger partial charge in [0, 0.05) is 30.4 Å². The van der Waals surface area contributed by atoms with Gasteiger partial charge >= 0.3 is 0 Å². The summed E-state index contributed by atoms with van der Waals surface area (Å²) < 4.78 is 27.2. The summed E-state index contributed by atoms with van der Waals surface area (Å²) in [6, 6.07) is 14.7. The Labute approximate surface area is 172 Å². The third-order valence-corrected chi connectivity index (χ3v) is 6.86. The molecule has 0 saturated carbocycles. The molecule has 0 spiro atoms. The topological polar surface area (TPSA) is 78.5 Å². The minimum Gasteiger partial charge on any atom is -0.376 e. The molecule has 0 radical (unpaired) electrons. The Morgan fingerprint density at radius 1 is 1.07 bits per heavy atom. The van der Waals surface area contributed by atoms with E-state index in [4.69, 9.17) is 11.6 Å². The Bertz CT molecular complexity index is 1080. The normalized spacial score (nSPS) is 11.1. The number of hydrogen-bond acceptors (Lipinski definition) is 5. The van der Waals surface area contributed by atoms with Crippen molar-refractivity contribution in [2.75, 3.05) is 29.0 Å². The Kier molecular flexibility index (Phi) is 5.93. The third kappa shape index (κ3) is 4.64. The number of anilines is 3. The molecule has 0 unspecified atom stereocenters. The van der Waals surface area contributed by atoms with E-state index in [1.165, 1.54) is 6.07 Å². The molecule has 6 nitrogen and oxygen atoms in total. The quantitative estimate of drug-likeness (QED) is 0.596. The molecule has 0 fully saturated rings. The fourth-order valence-corrected chi connectivity index (χ4v) is 4.73. The first-order chi connectivity index (χ1) is 13.3. The van der Waals surface area contributed by atoms with E-state index in [1.54, 1.807) is 47.8 Å². The number of nitrogens with one attached hydrogen (secondary N) is 2. The fraction of sp³-hybridized carbons (Fsp3) is 0.105. The van der Waals surface area contributed by atoms with Crippen molar-refractivity contribution >= 4 is 55.9 Å². The van der Waals surface area contributed by atoms with E-state index in [9.17, 15) is 13.2 Å². The second-order valence-electron chi connectivity index (χ2n) is 6.12. The van der Waals surface area contributed by atoms with Crippen molar-refractivity contribution in [2.45, 2.75) is 4.21 Å². The summed E-state index contributed by atoms with van der Waals surface area (Å²) in [4.78, 5) is 14.4. The van der Waals surface area contributed by atoms with Crippen LogP contribution in [0.4, 0.5) is 17.1 Å². The predicted molar refractivity (Wildman–Crippen MR) is 115 cm³/mol. The van der Waals surface area contributed by atoms with E-state index in [0.717, 1.165) is 17.0 Å². The number of hydrogen-bond donors (Lipinski definition) is 2. The van der Waals surface area contributed by atoms with Crippen LogP contribution in [0.2, 0.25) is 5.02 Å². The average Bonchev–Trinajstić information content (AvgIpc) is 3.17. The van der Waals surface area contributed by atoms with E-state index in [-0.39, 0.29) is 10.1 Å². The lowest BCUT2D eigenvalue weighted by atomic mass is 10.2. The number of amides is 1. The molecule has 1 aromatic heterocycles. The smallest absolute Gasteiger partial charge is 0.271 e. The number of sulfonamides is 1. The minimum absolute atomic E-state index is 0.228. The summed E-state index contributed by atoms with van der Waals surface area (Å²) in [6.07, 6.45) is 0. The molecule has 0 aliphatic heterocycles. The first-order valence-electron chi connectivity index (χ1n) is 8.21. The largest absolute Gasteiger partial charge is 0.376 e. The van der Waals surface area contributed by atoms with Gasteiger partial charge in [0.15, 0.2) is 0 Å². The number of rotatable bonds is 6. The Morgan fingerprint density at radius 2 is 1.79 bits per heavy atom. The van der Waals surface area contributed by atoms with Crippen LogP contribution in [0.25, 0.3) is 0 Å². The van der Waals surface area contributed by atoms with Gasteiger partial charge in [-0.2, -0.15) is 0 Å². The van der Waals surface area contributed by atoms with Crippen molar-refractivity contribution in [1.29, 1.82) is 0 Å². The van der Waals surface area contributed by atoms with Crippen LogP contribution in [0.3, 0.4) is 0 Å². The molecule has 3 aromatic rings. The maximum Gasteiger partial charge on any atom is 0.271 e. The zero-order valence-corrected chi connectivity index (χ0v) is 17.5. The van der Waals surface area contributed by atoms with Crippen LogP contribution >= 0.6 is 22.9 Å². The van der Waals surface area contributed by atoms with Crippen molar-refractivity contribution in [1.82, 2.24) is 0 Å². The number of benzene rings is 2. The van der Waals surface area contributed by atoms with E-state index in [2.05, 4.69) is 10.0 Å². The molecule has 0 aliphatic carbocycles. The Hall–Kier alpha value is -2.55. The number of halogens is 1. The number of carbonyl (C=O) groups excluding carboxylic acids is 1. The summed E-state index contributed by atoms with van der Waals surface area (Å²) in [5.74, 6) is -0.321. The van der Waals surface area contributed by atoms with Crippen LogP contribution in [0.5, 0.6) is 0 Å². The number of thiophene rings is 1. The molecule has 0 atom stereocenters. The van der Waals surface area contributed by atoms with Crippen LogP contribution in [-0.4, -0.2) is 28.4 Å². The molecular weight excluding hydrogens is 418 g/mol. The van der Waals surface area contributed by atoms with Gasteiger partial charge in [-0.05, 0) is 53.9 Å². The van der Waals surface area contributed by atoms with Gasteiger partial charge in [-0.1, -0.05) is 17.7 Å². The SMILES string of the molecule is CN(C)c1ccc(Cl)cc1NC(=O)c1ccc(NS(=O)(=O)c2cccs2)cc1. The van der Waals surface area contributed by atoms with Gasteiger partial charge in [-0.15, -0.1) is 11.3 Å². The van der Waals surface area contributed by atoms with Crippen LogP contribution < -0.4 is 14.9 Å². The molecule has 28 heavy (non-hydrogen) atoms. The van der Waals surface area contributed by atoms with Gasteiger partial charge in [0.1, 0.15) is 4.21 Å². The molecule has 3 rings (SSSR count). The summed E-state index contributed by atoms with van der Waals surface area (Å²) in [7, 11) is 0.113. The summed E-state index contributed by atoms with van der Waals surface area (Å²) in [6.45, 7) is 0. The van der Waals surface area contributed by atoms with Crippen LogP contribution in [-0.2, 0) is 10.0 Å². The van der Waals surface area contributed by atoms with Crippen LogP contribution in [0.15, 0.2) is 64.2 Å². The molecule has 0 saturated heterocycles. The first kappa shape index (κ1) is 20.2. The highest BCUT2D eigenvalue weighted by atomic mass is 35.5. The van der Waals surface area contributed by atoms with Crippen molar-refractivity contribution in [3.05, 3.63) is 70.6 Å². The highest BCUT2D eigenvalue weighted by molar-refractivity contribution is 7.94. The molecular formula is C19H18ClN3O3S2. The van der Waals surface area contributed by atoms with Crippen LogP contribution in [0, 0.1) is 0 Å². The van der Waals surface area contributed by atoms with Crippen molar-refractivity contribution in [3.8, 4) is 0 Å². The summed E-state index contributed by atoms with van der Waals surface area (Å²) >= 11 is 7.18. The standard InChI is InChI=1S/C19H18ClN3O3S2/c1-23(2)17-10-7-14(20)12-16(17)21-19(24)13-5-8-15(9-6-13)22-28(25,26)18-4-3-11-27-18/h3-12,22H,1-2H3,(H,21,24). The zero-order chi connectivity index (χ0) is 20.3. The molecule has 2 aromatic carbocycles. The third-order valence-electron chi connectivity index (χ3n) is 3.85. The minimum atomic E-state index is -3.62. The lowest BCUT2D eigenvalue weighted by molar-refractivity contribution is 0.102. The maximum atomic E-state index is 12.6. The molecule has 1 heterocycles. The van der Waals surface area contributed by atoms with E-state index >= 15 is 0 Å². The lowest BCUT2D eigenvalue weighted by Crippen LogP contribution is -2.17. The van der Waals surface area contributed by atoms with Gasteiger partial charge in [0.25, 0.3) is 15.9 Å². The summed E-state index contributed by atoms with van der Waals surface area (Å²) in [5.41, 5.74) is 2.17. The van der Waals surface area contributed by atoms with E-state index in [0.29, 0.717) is 22.0 Å². The highest BCUT2D eigenvalue weighted by Crippen LogP contribution is 2.28. The number of nitrogens with zero attached hydrogens (tertiary/aromatic N) is 1. The van der Waals surface area contributed by atoms with Gasteiger partial charge in [-0.25, -0.2) is 8.42 Å². The van der Waals surface area contributed by atoms with Crippen molar-refractivity contribution in [3.63, 3.8) is 0 Å². The van der Waals surface area contributed by atoms with Gasteiger partial charge < -0.3 is 10.2 Å².